The van der Waals surface area contributed by atoms with Crippen LogP contribution in [-0.4, -0.2) is 51.5 Å². The number of hydrogen-bond acceptors (Lipinski definition) is 4. The summed E-state index contributed by atoms with van der Waals surface area (Å²) in [4.78, 5) is 2.24. The fraction of sp³-hybridized carbons (Fsp3) is 0.909. The summed E-state index contributed by atoms with van der Waals surface area (Å²) < 4.78 is 10.3. The molecule has 0 aromatic heterocycles. The summed E-state index contributed by atoms with van der Waals surface area (Å²) >= 11 is 0. The standard InChI is InChI=1S/C11H22N2O2/c1-3-15-10-5-8-13(7-4-6-12)9-11-14-2/h3-5,7-11H2,1-2H3. The van der Waals surface area contributed by atoms with Gasteiger partial charge < -0.3 is 9.47 Å². The van der Waals surface area contributed by atoms with Gasteiger partial charge in [0.25, 0.3) is 0 Å². The van der Waals surface area contributed by atoms with Gasteiger partial charge in [-0.1, -0.05) is 0 Å². The molecule has 0 atom stereocenters. The minimum atomic E-state index is 0.582. The highest BCUT2D eigenvalue weighted by atomic mass is 16.5. The first-order chi connectivity index (χ1) is 7.35. The van der Waals surface area contributed by atoms with Crippen LogP contribution in [0.3, 0.4) is 0 Å². The van der Waals surface area contributed by atoms with E-state index in [1.54, 1.807) is 7.11 Å². The molecule has 0 amide bonds. The van der Waals surface area contributed by atoms with E-state index in [2.05, 4.69) is 11.0 Å². The van der Waals surface area contributed by atoms with Crippen LogP contribution >= 0.6 is 0 Å². The van der Waals surface area contributed by atoms with Crippen molar-refractivity contribution in [2.24, 2.45) is 0 Å². The predicted octanol–water partition coefficient (Wildman–Crippen LogP) is 1.28. The molecule has 0 unspecified atom stereocenters. The van der Waals surface area contributed by atoms with Crippen molar-refractivity contribution in [1.82, 2.24) is 4.90 Å². The summed E-state index contributed by atoms with van der Waals surface area (Å²) in [5.74, 6) is 0. The topological polar surface area (TPSA) is 45.5 Å². The van der Waals surface area contributed by atoms with Gasteiger partial charge in [-0.05, 0) is 13.3 Å². The van der Waals surface area contributed by atoms with Gasteiger partial charge in [0.05, 0.1) is 12.7 Å². The van der Waals surface area contributed by atoms with E-state index in [0.717, 1.165) is 45.9 Å². The Hall–Kier alpha value is -0.630. The first kappa shape index (κ1) is 14.4. The zero-order valence-electron chi connectivity index (χ0n) is 9.87. The Kier molecular flexibility index (Phi) is 11.0. The van der Waals surface area contributed by atoms with Gasteiger partial charge in [0.1, 0.15) is 0 Å². The summed E-state index contributed by atoms with van der Waals surface area (Å²) in [6, 6.07) is 2.16. The Labute approximate surface area is 92.8 Å². The molecule has 4 nitrogen and oxygen atoms in total. The maximum atomic E-state index is 8.52. The highest BCUT2D eigenvalue weighted by Gasteiger charge is 2.03. The number of nitrogens with zero attached hydrogens (tertiary/aromatic N) is 2. The van der Waals surface area contributed by atoms with Crippen molar-refractivity contribution < 1.29 is 9.47 Å². The van der Waals surface area contributed by atoms with E-state index in [-0.39, 0.29) is 0 Å². The Morgan fingerprint density at radius 2 is 2.00 bits per heavy atom. The molecule has 0 aromatic carbocycles. The number of rotatable bonds is 10. The van der Waals surface area contributed by atoms with Gasteiger partial charge in [-0.15, -0.1) is 0 Å². The fourth-order valence-corrected chi connectivity index (χ4v) is 1.30. The largest absolute Gasteiger partial charge is 0.383 e. The van der Waals surface area contributed by atoms with Crippen LogP contribution in [0.1, 0.15) is 19.8 Å². The second-order valence-electron chi connectivity index (χ2n) is 3.29. The first-order valence-electron chi connectivity index (χ1n) is 5.51. The van der Waals surface area contributed by atoms with Gasteiger partial charge in [-0.25, -0.2) is 0 Å². The lowest BCUT2D eigenvalue weighted by Crippen LogP contribution is -2.30. The van der Waals surface area contributed by atoms with Gasteiger partial charge in [-0.3, -0.25) is 4.90 Å². The van der Waals surface area contributed by atoms with Gasteiger partial charge in [0, 0.05) is 46.4 Å². The average Bonchev–Trinajstić information content (AvgIpc) is 2.27. The third-order valence-electron chi connectivity index (χ3n) is 2.12. The van der Waals surface area contributed by atoms with E-state index in [1.807, 2.05) is 6.92 Å². The third-order valence-corrected chi connectivity index (χ3v) is 2.12. The predicted molar refractivity (Wildman–Crippen MR) is 59.7 cm³/mol. The Morgan fingerprint density at radius 3 is 2.60 bits per heavy atom. The molecule has 0 spiro atoms. The molecule has 0 aliphatic carbocycles. The molecular formula is C11H22N2O2. The minimum Gasteiger partial charge on any atom is -0.383 e. The molecule has 0 saturated carbocycles. The molecule has 0 N–H and O–H groups in total. The molecular weight excluding hydrogens is 192 g/mol. The Morgan fingerprint density at radius 1 is 1.20 bits per heavy atom. The van der Waals surface area contributed by atoms with Crippen molar-refractivity contribution >= 4 is 0 Å². The van der Waals surface area contributed by atoms with Crippen LogP contribution in [0.4, 0.5) is 0 Å². The van der Waals surface area contributed by atoms with Crippen LogP contribution < -0.4 is 0 Å². The first-order valence-corrected chi connectivity index (χ1v) is 5.51. The van der Waals surface area contributed by atoms with Crippen molar-refractivity contribution in [2.45, 2.75) is 19.8 Å². The monoisotopic (exact) mass is 214 g/mol. The van der Waals surface area contributed by atoms with E-state index in [0.29, 0.717) is 6.42 Å². The molecule has 15 heavy (non-hydrogen) atoms. The molecule has 88 valence electrons. The van der Waals surface area contributed by atoms with E-state index >= 15 is 0 Å². The molecule has 0 aliphatic rings. The van der Waals surface area contributed by atoms with Gasteiger partial charge >= 0.3 is 0 Å². The number of nitriles is 1. The summed E-state index contributed by atoms with van der Waals surface area (Å²) in [7, 11) is 1.70. The summed E-state index contributed by atoms with van der Waals surface area (Å²) in [6.45, 7) is 6.99. The van der Waals surface area contributed by atoms with Crippen molar-refractivity contribution in [3.05, 3.63) is 0 Å². The molecule has 0 rings (SSSR count). The molecule has 0 radical (unpaired) electrons. The molecule has 0 saturated heterocycles. The lowest BCUT2D eigenvalue weighted by Gasteiger charge is -2.20. The molecule has 0 heterocycles. The Bertz CT molecular complexity index is 168. The van der Waals surface area contributed by atoms with Crippen molar-refractivity contribution in [3.8, 4) is 6.07 Å². The molecule has 0 fully saturated rings. The lowest BCUT2D eigenvalue weighted by atomic mass is 10.3. The normalized spacial score (nSPS) is 10.5. The maximum Gasteiger partial charge on any atom is 0.0635 e. The molecule has 4 heteroatoms. The molecule has 0 bridgehead atoms. The van der Waals surface area contributed by atoms with Gasteiger partial charge in [0.2, 0.25) is 0 Å². The minimum absolute atomic E-state index is 0.582. The van der Waals surface area contributed by atoms with Crippen LogP contribution in [-0.2, 0) is 9.47 Å². The zero-order chi connectivity index (χ0) is 11.4. The van der Waals surface area contributed by atoms with Crippen LogP contribution in [0.5, 0.6) is 0 Å². The van der Waals surface area contributed by atoms with E-state index in [9.17, 15) is 0 Å². The lowest BCUT2D eigenvalue weighted by molar-refractivity contribution is 0.117. The van der Waals surface area contributed by atoms with Gasteiger partial charge in [0.15, 0.2) is 0 Å². The maximum absolute atomic E-state index is 8.52. The SMILES string of the molecule is CCOCCCN(CCC#N)CCOC. The number of hydrogen-bond donors (Lipinski definition) is 0. The second kappa shape index (κ2) is 11.4. The highest BCUT2D eigenvalue weighted by molar-refractivity contribution is 4.72. The van der Waals surface area contributed by atoms with Crippen molar-refractivity contribution in [3.63, 3.8) is 0 Å². The van der Waals surface area contributed by atoms with Crippen molar-refractivity contribution in [1.29, 1.82) is 5.26 Å². The van der Waals surface area contributed by atoms with E-state index < -0.39 is 0 Å². The summed E-state index contributed by atoms with van der Waals surface area (Å²) in [5, 5.41) is 8.52. The second-order valence-corrected chi connectivity index (χ2v) is 3.29. The number of ether oxygens (including phenoxy) is 2. The van der Waals surface area contributed by atoms with E-state index in [4.69, 9.17) is 14.7 Å². The summed E-state index contributed by atoms with van der Waals surface area (Å²) in [5.41, 5.74) is 0. The quantitative estimate of drug-likeness (QED) is 0.514. The number of methoxy groups -OCH3 is 1. The smallest absolute Gasteiger partial charge is 0.0635 e. The summed E-state index contributed by atoms with van der Waals surface area (Å²) in [6.07, 6.45) is 1.60. The van der Waals surface area contributed by atoms with E-state index in [1.165, 1.54) is 0 Å². The third kappa shape index (κ3) is 9.67. The van der Waals surface area contributed by atoms with Crippen LogP contribution in [0.2, 0.25) is 0 Å². The van der Waals surface area contributed by atoms with Gasteiger partial charge in [-0.2, -0.15) is 5.26 Å². The van der Waals surface area contributed by atoms with Crippen molar-refractivity contribution in [2.75, 3.05) is 46.6 Å². The fourth-order valence-electron chi connectivity index (χ4n) is 1.30. The van der Waals surface area contributed by atoms with Crippen LogP contribution in [0, 0.1) is 11.3 Å². The Balaban J connectivity index is 3.55. The van der Waals surface area contributed by atoms with Crippen LogP contribution in [0.15, 0.2) is 0 Å². The van der Waals surface area contributed by atoms with Crippen LogP contribution in [0.25, 0.3) is 0 Å². The highest BCUT2D eigenvalue weighted by Crippen LogP contribution is 1.95. The molecule has 0 aliphatic heterocycles. The molecule has 0 aromatic rings. The zero-order valence-corrected chi connectivity index (χ0v) is 9.87. The average molecular weight is 214 g/mol.